The van der Waals surface area contributed by atoms with Crippen molar-refractivity contribution in [1.82, 2.24) is 5.43 Å². The van der Waals surface area contributed by atoms with Gasteiger partial charge in [0, 0.05) is 0 Å². The van der Waals surface area contributed by atoms with Crippen LogP contribution in [0.15, 0.2) is 29.4 Å². The first-order valence-electron chi connectivity index (χ1n) is 4.26. The van der Waals surface area contributed by atoms with Crippen LogP contribution in [0, 0.1) is 6.92 Å². The van der Waals surface area contributed by atoms with E-state index in [9.17, 15) is 4.79 Å². The first-order valence-corrected chi connectivity index (χ1v) is 4.26. The third-order valence-electron chi connectivity index (χ3n) is 1.77. The zero-order valence-corrected chi connectivity index (χ0v) is 8.24. The fourth-order valence-corrected chi connectivity index (χ4v) is 1.07. The van der Waals surface area contributed by atoms with Gasteiger partial charge in [-0.2, -0.15) is 5.10 Å². The van der Waals surface area contributed by atoms with Crippen LogP contribution in [0.2, 0.25) is 0 Å². The van der Waals surface area contributed by atoms with E-state index in [4.69, 9.17) is 5.73 Å². The van der Waals surface area contributed by atoms with Crippen LogP contribution >= 0.6 is 0 Å². The van der Waals surface area contributed by atoms with E-state index >= 15 is 0 Å². The minimum absolute atomic E-state index is 0.656. The number of nitrogens with zero attached hydrogens (tertiary/aromatic N) is 1. The Balaban J connectivity index is 2.83. The maximum Gasteiger partial charge on any atom is 0.332 e. The van der Waals surface area contributed by atoms with Crippen molar-refractivity contribution in [2.24, 2.45) is 10.8 Å². The topological polar surface area (TPSA) is 67.5 Å². The number of aryl methyl sites for hydroxylation is 1. The molecule has 14 heavy (non-hydrogen) atoms. The summed E-state index contributed by atoms with van der Waals surface area (Å²) in [6.45, 7) is 3.81. The van der Waals surface area contributed by atoms with Crippen LogP contribution in [-0.4, -0.2) is 11.7 Å². The normalized spacial score (nSPS) is 11.1. The highest BCUT2D eigenvalue weighted by atomic mass is 16.2. The molecule has 0 spiro atoms. The number of amides is 2. The lowest BCUT2D eigenvalue weighted by molar-refractivity contribution is 0.249. The largest absolute Gasteiger partial charge is 0.350 e. The number of nitrogens with two attached hydrogens (primary N) is 1. The van der Waals surface area contributed by atoms with Crippen molar-refractivity contribution in [1.29, 1.82) is 0 Å². The summed E-state index contributed by atoms with van der Waals surface area (Å²) < 4.78 is 0. The van der Waals surface area contributed by atoms with E-state index in [1.54, 1.807) is 0 Å². The molecule has 0 aliphatic heterocycles. The number of nitrogens with one attached hydrogen (secondary N) is 1. The molecule has 0 aliphatic carbocycles. The molecule has 0 fully saturated rings. The Labute approximate surface area is 82.8 Å². The van der Waals surface area contributed by atoms with Crippen LogP contribution in [0.3, 0.4) is 0 Å². The number of carbonyl (C=O) groups is 1. The molecule has 3 N–H and O–H groups in total. The number of hydrogen-bond acceptors (Lipinski definition) is 2. The van der Waals surface area contributed by atoms with Crippen molar-refractivity contribution in [3.05, 3.63) is 35.4 Å². The lowest BCUT2D eigenvalue weighted by atomic mass is 10.1. The van der Waals surface area contributed by atoms with E-state index in [2.05, 4.69) is 10.5 Å². The maximum absolute atomic E-state index is 10.4. The average Bonchev–Trinajstić information content (AvgIpc) is 2.14. The van der Waals surface area contributed by atoms with Crippen molar-refractivity contribution < 1.29 is 4.79 Å². The van der Waals surface area contributed by atoms with E-state index in [0.29, 0.717) is 0 Å². The van der Waals surface area contributed by atoms with E-state index in [0.717, 1.165) is 16.8 Å². The standard InChI is InChI=1S/C10H13N3O/c1-7-4-3-5-9(6-7)8(2)12-13-10(11)14/h3-6H,1-2H3,(H3,11,13,14). The second kappa shape index (κ2) is 4.41. The highest BCUT2D eigenvalue weighted by Crippen LogP contribution is 2.04. The van der Waals surface area contributed by atoms with Crippen LogP contribution in [0.4, 0.5) is 4.79 Å². The van der Waals surface area contributed by atoms with E-state index < -0.39 is 6.03 Å². The number of rotatable bonds is 2. The molecule has 0 bridgehead atoms. The van der Waals surface area contributed by atoms with E-state index in [-0.39, 0.29) is 0 Å². The quantitative estimate of drug-likeness (QED) is 0.538. The molecule has 0 aromatic heterocycles. The van der Waals surface area contributed by atoms with Crippen molar-refractivity contribution in [3.8, 4) is 0 Å². The Morgan fingerprint density at radius 3 is 2.79 bits per heavy atom. The molecule has 1 aromatic rings. The van der Waals surface area contributed by atoms with Crippen LogP contribution in [0.25, 0.3) is 0 Å². The molecular formula is C10H13N3O. The minimum atomic E-state index is -0.656. The molecule has 0 atom stereocenters. The number of hydrogen-bond donors (Lipinski definition) is 2. The van der Waals surface area contributed by atoms with E-state index in [1.165, 1.54) is 0 Å². The second-order valence-corrected chi connectivity index (χ2v) is 3.04. The number of benzene rings is 1. The van der Waals surface area contributed by atoms with Gasteiger partial charge < -0.3 is 5.73 Å². The van der Waals surface area contributed by atoms with Gasteiger partial charge in [0.05, 0.1) is 5.71 Å². The van der Waals surface area contributed by atoms with Gasteiger partial charge in [0.25, 0.3) is 0 Å². The van der Waals surface area contributed by atoms with Gasteiger partial charge in [-0.1, -0.05) is 29.8 Å². The molecule has 0 saturated heterocycles. The molecule has 1 aromatic carbocycles. The molecule has 2 amide bonds. The van der Waals surface area contributed by atoms with Gasteiger partial charge in [-0.05, 0) is 19.4 Å². The Kier molecular flexibility index (Phi) is 3.23. The monoisotopic (exact) mass is 191 g/mol. The first kappa shape index (κ1) is 10.2. The lowest BCUT2D eigenvalue weighted by Crippen LogP contribution is -2.25. The molecule has 0 saturated carbocycles. The molecule has 1 rings (SSSR count). The van der Waals surface area contributed by atoms with Gasteiger partial charge in [0.2, 0.25) is 0 Å². The van der Waals surface area contributed by atoms with Crippen molar-refractivity contribution >= 4 is 11.7 Å². The second-order valence-electron chi connectivity index (χ2n) is 3.04. The van der Waals surface area contributed by atoms with Gasteiger partial charge in [-0.15, -0.1) is 0 Å². The van der Waals surface area contributed by atoms with Crippen LogP contribution in [-0.2, 0) is 0 Å². The third kappa shape index (κ3) is 2.90. The molecule has 0 heterocycles. The molecule has 4 heteroatoms. The Morgan fingerprint density at radius 1 is 1.50 bits per heavy atom. The van der Waals surface area contributed by atoms with Crippen LogP contribution in [0.5, 0.6) is 0 Å². The summed E-state index contributed by atoms with van der Waals surface area (Å²) in [6, 6.07) is 7.19. The summed E-state index contributed by atoms with van der Waals surface area (Å²) in [4.78, 5) is 10.4. The van der Waals surface area contributed by atoms with Crippen LogP contribution in [0.1, 0.15) is 18.1 Å². The van der Waals surface area contributed by atoms with Crippen molar-refractivity contribution in [3.63, 3.8) is 0 Å². The number of hydrazone groups is 1. The highest BCUT2D eigenvalue weighted by molar-refractivity contribution is 5.99. The van der Waals surface area contributed by atoms with Gasteiger partial charge >= 0.3 is 6.03 Å². The fraction of sp³-hybridized carbons (Fsp3) is 0.200. The average molecular weight is 191 g/mol. The Hall–Kier alpha value is -1.84. The molecule has 4 nitrogen and oxygen atoms in total. The Bertz CT molecular complexity index is 371. The molecule has 74 valence electrons. The zero-order valence-electron chi connectivity index (χ0n) is 8.24. The maximum atomic E-state index is 10.4. The first-order chi connectivity index (χ1) is 6.59. The van der Waals surface area contributed by atoms with Crippen molar-refractivity contribution in [2.45, 2.75) is 13.8 Å². The summed E-state index contributed by atoms with van der Waals surface area (Å²) in [5.74, 6) is 0. The number of carbonyl (C=O) groups excluding carboxylic acids is 1. The highest BCUT2D eigenvalue weighted by Gasteiger charge is 1.97. The summed E-state index contributed by atoms with van der Waals surface area (Å²) in [5, 5.41) is 3.83. The summed E-state index contributed by atoms with van der Waals surface area (Å²) >= 11 is 0. The molecule has 0 radical (unpaired) electrons. The van der Waals surface area contributed by atoms with Gasteiger partial charge in [0.15, 0.2) is 0 Å². The predicted molar refractivity (Wildman–Crippen MR) is 56.1 cm³/mol. The minimum Gasteiger partial charge on any atom is -0.350 e. The third-order valence-corrected chi connectivity index (χ3v) is 1.77. The van der Waals surface area contributed by atoms with Gasteiger partial charge in [0.1, 0.15) is 0 Å². The number of primary amides is 1. The van der Waals surface area contributed by atoms with E-state index in [1.807, 2.05) is 38.1 Å². The predicted octanol–water partition coefficient (Wildman–Crippen LogP) is 1.39. The molecule has 0 aliphatic rings. The molecule has 0 unspecified atom stereocenters. The summed E-state index contributed by atoms with van der Waals surface area (Å²) in [6.07, 6.45) is 0. The Morgan fingerprint density at radius 2 is 2.21 bits per heavy atom. The van der Waals surface area contributed by atoms with Gasteiger partial charge in [-0.25, -0.2) is 10.2 Å². The smallest absolute Gasteiger partial charge is 0.332 e. The summed E-state index contributed by atoms with van der Waals surface area (Å²) in [7, 11) is 0. The summed E-state index contributed by atoms with van der Waals surface area (Å²) in [5.41, 5.74) is 9.93. The molecular weight excluding hydrogens is 178 g/mol. The zero-order chi connectivity index (χ0) is 10.6. The lowest BCUT2D eigenvalue weighted by Gasteiger charge is -2.01. The van der Waals surface area contributed by atoms with Gasteiger partial charge in [-0.3, -0.25) is 0 Å². The van der Waals surface area contributed by atoms with Crippen LogP contribution < -0.4 is 11.2 Å². The fourth-order valence-electron chi connectivity index (χ4n) is 1.07. The van der Waals surface area contributed by atoms with Crippen molar-refractivity contribution in [2.75, 3.05) is 0 Å². The number of urea groups is 1. The SMILES string of the molecule is CC(=NNC(N)=O)c1cccc(C)c1.